The Labute approximate surface area is 117 Å². The first-order valence-corrected chi connectivity index (χ1v) is 7.56. The van der Waals surface area contributed by atoms with Crippen molar-refractivity contribution in [3.05, 3.63) is 30.1 Å². The lowest BCUT2D eigenvalue weighted by Crippen LogP contribution is -2.52. The average molecular weight is 311 g/mol. The summed E-state index contributed by atoms with van der Waals surface area (Å²) in [5, 5.41) is 4.02. The van der Waals surface area contributed by atoms with Crippen molar-refractivity contribution in [2.45, 2.75) is 38.1 Å². The van der Waals surface area contributed by atoms with Gasteiger partial charge >= 0.3 is 0 Å². The van der Waals surface area contributed by atoms with Gasteiger partial charge in [-0.05, 0) is 30.9 Å². The molecule has 0 aliphatic heterocycles. The summed E-state index contributed by atoms with van der Waals surface area (Å²) in [6.45, 7) is 2.26. The molecule has 1 aliphatic rings. The number of amides is 1. The Hall–Kier alpha value is -0.900. The van der Waals surface area contributed by atoms with Gasteiger partial charge in [-0.25, -0.2) is 0 Å². The summed E-state index contributed by atoms with van der Waals surface area (Å²) in [5.41, 5.74) is 0.543. The lowest BCUT2D eigenvalue weighted by atomic mass is 9.77. The van der Waals surface area contributed by atoms with E-state index < -0.39 is 0 Å². The van der Waals surface area contributed by atoms with Crippen molar-refractivity contribution in [3.8, 4) is 0 Å². The summed E-state index contributed by atoms with van der Waals surface area (Å²) in [7, 11) is 0. The second kappa shape index (κ2) is 5.83. The zero-order chi connectivity index (χ0) is 13.0. The topological polar surface area (TPSA) is 42.0 Å². The SMILES string of the molecule is CC1CCCC(CBr)(NC(=O)c2cccnc2)C1. The minimum Gasteiger partial charge on any atom is -0.346 e. The van der Waals surface area contributed by atoms with E-state index in [1.54, 1.807) is 24.5 Å². The van der Waals surface area contributed by atoms with Gasteiger partial charge in [0.1, 0.15) is 0 Å². The van der Waals surface area contributed by atoms with Crippen LogP contribution in [0.25, 0.3) is 0 Å². The van der Waals surface area contributed by atoms with Crippen molar-refractivity contribution in [2.75, 3.05) is 5.33 Å². The highest BCUT2D eigenvalue weighted by molar-refractivity contribution is 9.09. The molecule has 2 atom stereocenters. The number of rotatable bonds is 3. The first-order chi connectivity index (χ1) is 8.65. The predicted molar refractivity (Wildman–Crippen MR) is 75.9 cm³/mol. The number of nitrogens with zero attached hydrogens (tertiary/aromatic N) is 1. The van der Waals surface area contributed by atoms with Gasteiger partial charge in [0.2, 0.25) is 0 Å². The number of halogens is 1. The average Bonchev–Trinajstić information content (AvgIpc) is 2.39. The van der Waals surface area contributed by atoms with Gasteiger partial charge in [0.15, 0.2) is 0 Å². The highest BCUT2D eigenvalue weighted by Gasteiger charge is 2.35. The van der Waals surface area contributed by atoms with Crippen LogP contribution in [0.3, 0.4) is 0 Å². The van der Waals surface area contributed by atoms with Gasteiger partial charge in [0, 0.05) is 17.7 Å². The number of carbonyl (C=O) groups excluding carboxylic acids is 1. The van der Waals surface area contributed by atoms with E-state index in [1.807, 2.05) is 0 Å². The number of alkyl halides is 1. The van der Waals surface area contributed by atoms with E-state index in [0.717, 1.165) is 18.2 Å². The second-order valence-corrected chi connectivity index (χ2v) is 5.87. The standard InChI is InChI=1S/C14H19BrN2O/c1-11-4-2-6-14(8-11,10-15)17-13(18)12-5-3-7-16-9-12/h3,5,7,9,11H,2,4,6,8,10H2,1H3,(H,17,18). The quantitative estimate of drug-likeness (QED) is 0.871. The molecule has 1 amide bonds. The molecule has 1 aromatic heterocycles. The minimum atomic E-state index is -0.0927. The molecule has 1 fully saturated rings. The molecule has 3 nitrogen and oxygen atoms in total. The third kappa shape index (κ3) is 3.10. The molecule has 1 saturated carbocycles. The monoisotopic (exact) mass is 310 g/mol. The summed E-state index contributed by atoms with van der Waals surface area (Å²) in [4.78, 5) is 16.2. The first kappa shape index (κ1) is 13.5. The van der Waals surface area contributed by atoms with E-state index in [-0.39, 0.29) is 11.4 Å². The van der Waals surface area contributed by atoms with Gasteiger partial charge in [-0.3, -0.25) is 9.78 Å². The van der Waals surface area contributed by atoms with Gasteiger partial charge in [-0.15, -0.1) is 0 Å². The van der Waals surface area contributed by atoms with E-state index in [2.05, 4.69) is 33.2 Å². The summed E-state index contributed by atoms with van der Waals surface area (Å²) < 4.78 is 0. The summed E-state index contributed by atoms with van der Waals surface area (Å²) in [6, 6.07) is 3.59. The van der Waals surface area contributed by atoms with E-state index in [9.17, 15) is 4.79 Å². The zero-order valence-electron chi connectivity index (χ0n) is 10.7. The Morgan fingerprint density at radius 1 is 1.67 bits per heavy atom. The van der Waals surface area contributed by atoms with Crippen molar-refractivity contribution in [1.29, 1.82) is 0 Å². The van der Waals surface area contributed by atoms with Crippen molar-refractivity contribution >= 4 is 21.8 Å². The molecule has 1 aromatic rings. The Kier molecular flexibility index (Phi) is 4.38. The Balaban J connectivity index is 2.08. The number of nitrogens with one attached hydrogen (secondary N) is 1. The van der Waals surface area contributed by atoms with Crippen LogP contribution in [0.1, 0.15) is 43.0 Å². The number of hydrogen-bond donors (Lipinski definition) is 1. The van der Waals surface area contributed by atoms with E-state index in [4.69, 9.17) is 0 Å². The highest BCUT2D eigenvalue weighted by atomic mass is 79.9. The molecule has 0 aromatic carbocycles. The third-order valence-electron chi connectivity index (χ3n) is 3.65. The van der Waals surface area contributed by atoms with Crippen LogP contribution in [0.4, 0.5) is 0 Å². The molecule has 4 heteroatoms. The fourth-order valence-corrected chi connectivity index (χ4v) is 3.39. The molecule has 98 valence electrons. The van der Waals surface area contributed by atoms with Crippen LogP contribution in [0.5, 0.6) is 0 Å². The molecule has 1 N–H and O–H groups in total. The van der Waals surface area contributed by atoms with Crippen LogP contribution in [0.2, 0.25) is 0 Å². The molecular formula is C14H19BrN2O. The molecule has 2 rings (SSSR count). The van der Waals surface area contributed by atoms with Gasteiger partial charge in [-0.1, -0.05) is 35.7 Å². The molecule has 1 heterocycles. The Morgan fingerprint density at radius 3 is 3.11 bits per heavy atom. The van der Waals surface area contributed by atoms with Crippen LogP contribution in [0, 0.1) is 5.92 Å². The van der Waals surface area contributed by atoms with Gasteiger partial charge < -0.3 is 5.32 Å². The van der Waals surface area contributed by atoms with E-state index in [1.165, 1.54) is 12.8 Å². The van der Waals surface area contributed by atoms with Crippen LogP contribution >= 0.6 is 15.9 Å². The number of carbonyl (C=O) groups is 1. The van der Waals surface area contributed by atoms with Crippen molar-refractivity contribution < 1.29 is 4.79 Å². The smallest absolute Gasteiger partial charge is 0.253 e. The van der Waals surface area contributed by atoms with E-state index in [0.29, 0.717) is 11.5 Å². The third-order valence-corrected chi connectivity index (χ3v) is 4.72. The van der Waals surface area contributed by atoms with Crippen molar-refractivity contribution in [2.24, 2.45) is 5.92 Å². The maximum absolute atomic E-state index is 12.2. The molecule has 18 heavy (non-hydrogen) atoms. The lowest BCUT2D eigenvalue weighted by Gasteiger charge is -2.39. The van der Waals surface area contributed by atoms with E-state index >= 15 is 0 Å². The molecule has 0 bridgehead atoms. The second-order valence-electron chi connectivity index (χ2n) is 5.31. The molecule has 0 spiro atoms. The zero-order valence-corrected chi connectivity index (χ0v) is 12.2. The van der Waals surface area contributed by atoms with Crippen molar-refractivity contribution in [3.63, 3.8) is 0 Å². The molecule has 1 aliphatic carbocycles. The normalized spacial score (nSPS) is 27.8. The maximum atomic E-state index is 12.2. The van der Waals surface area contributed by atoms with Gasteiger partial charge in [0.25, 0.3) is 5.91 Å². The fourth-order valence-electron chi connectivity index (χ4n) is 2.74. The lowest BCUT2D eigenvalue weighted by molar-refractivity contribution is 0.0869. The Bertz CT molecular complexity index is 410. The fraction of sp³-hybridized carbons (Fsp3) is 0.571. The van der Waals surface area contributed by atoms with Crippen LogP contribution in [-0.4, -0.2) is 21.8 Å². The summed E-state index contributed by atoms with van der Waals surface area (Å²) in [6.07, 6.45) is 7.83. The first-order valence-electron chi connectivity index (χ1n) is 6.44. The Morgan fingerprint density at radius 2 is 2.50 bits per heavy atom. The molecule has 0 saturated heterocycles. The molecule has 0 radical (unpaired) electrons. The van der Waals surface area contributed by atoms with Gasteiger partial charge in [0.05, 0.1) is 11.1 Å². The minimum absolute atomic E-state index is 0.0170. The maximum Gasteiger partial charge on any atom is 0.253 e. The molecular weight excluding hydrogens is 292 g/mol. The van der Waals surface area contributed by atoms with Crippen LogP contribution in [-0.2, 0) is 0 Å². The highest BCUT2D eigenvalue weighted by Crippen LogP contribution is 2.33. The van der Waals surface area contributed by atoms with Crippen LogP contribution in [0.15, 0.2) is 24.5 Å². The summed E-state index contributed by atoms with van der Waals surface area (Å²) >= 11 is 3.57. The predicted octanol–water partition coefficient (Wildman–Crippen LogP) is 3.16. The number of aromatic nitrogens is 1. The largest absolute Gasteiger partial charge is 0.346 e. The van der Waals surface area contributed by atoms with Gasteiger partial charge in [-0.2, -0.15) is 0 Å². The van der Waals surface area contributed by atoms with Crippen molar-refractivity contribution in [1.82, 2.24) is 10.3 Å². The van der Waals surface area contributed by atoms with Crippen LogP contribution < -0.4 is 5.32 Å². The number of pyridine rings is 1. The molecule has 2 unspecified atom stereocenters. The number of hydrogen-bond acceptors (Lipinski definition) is 2. The summed E-state index contributed by atoms with van der Waals surface area (Å²) in [5.74, 6) is 0.655.